The minimum atomic E-state index is 0.243. The first kappa shape index (κ1) is 13.3. The molecule has 2 aromatic rings. The summed E-state index contributed by atoms with van der Waals surface area (Å²) in [6, 6.07) is 12.1. The van der Waals surface area contributed by atoms with Crippen molar-refractivity contribution in [2.75, 3.05) is 0 Å². The van der Waals surface area contributed by atoms with Crippen LogP contribution in [-0.2, 0) is 13.1 Å². The number of aromatic nitrogens is 2. The number of nitrogens with one attached hydrogen (secondary N) is 1. The molecule has 0 aliphatic rings. The Kier molecular flexibility index (Phi) is 4.32. The molecule has 1 N–H and O–H groups in total. The second-order valence-corrected chi connectivity index (χ2v) is 4.47. The van der Waals surface area contributed by atoms with Gasteiger partial charge in [-0.15, -0.1) is 0 Å². The zero-order valence-corrected chi connectivity index (χ0v) is 11.3. The lowest BCUT2D eigenvalue weighted by Gasteiger charge is -2.14. The monoisotopic (exact) mass is 254 g/mol. The second-order valence-electron chi connectivity index (χ2n) is 4.47. The topological polar surface area (TPSA) is 53.6 Å². The third-order valence-electron chi connectivity index (χ3n) is 3.23. The molecule has 0 aliphatic carbocycles. The van der Waals surface area contributed by atoms with Crippen molar-refractivity contribution in [3.05, 3.63) is 53.3 Å². The van der Waals surface area contributed by atoms with E-state index >= 15 is 0 Å². The van der Waals surface area contributed by atoms with Crippen LogP contribution < -0.4 is 5.32 Å². The molecule has 1 aromatic carbocycles. The molecule has 0 saturated heterocycles. The summed E-state index contributed by atoms with van der Waals surface area (Å²) in [5, 5.41) is 16.5. The van der Waals surface area contributed by atoms with Gasteiger partial charge < -0.3 is 5.32 Å². The summed E-state index contributed by atoms with van der Waals surface area (Å²) >= 11 is 0. The molecule has 4 nitrogen and oxygen atoms in total. The molecule has 1 aromatic heterocycles. The SMILES string of the molecule is CCn1nccc1CNC(C)c1ccc(C#N)cc1. The van der Waals surface area contributed by atoms with E-state index in [9.17, 15) is 0 Å². The van der Waals surface area contributed by atoms with Crippen molar-refractivity contribution in [3.63, 3.8) is 0 Å². The van der Waals surface area contributed by atoms with Crippen LogP contribution in [0.4, 0.5) is 0 Å². The van der Waals surface area contributed by atoms with E-state index in [2.05, 4.69) is 30.3 Å². The summed E-state index contributed by atoms with van der Waals surface area (Å²) in [6.07, 6.45) is 1.83. The van der Waals surface area contributed by atoms with Gasteiger partial charge in [-0.3, -0.25) is 4.68 Å². The van der Waals surface area contributed by atoms with Gasteiger partial charge >= 0.3 is 0 Å². The minimum Gasteiger partial charge on any atom is -0.305 e. The molecule has 1 atom stereocenters. The number of aryl methyl sites for hydroxylation is 1. The molecule has 0 amide bonds. The summed E-state index contributed by atoms with van der Waals surface area (Å²) in [7, 11) is 0. The van der Waals surface area contributed by atoms with Gasteiger partial charge in [0.1, 0.15) is 0 Å². The Morgan fingerprint density at radius 2 is 2.05 bits per heavy atom. The number of nitrogens with zero attached hydrogens (tertiary/aromatic N) is 3. The molecule has 1 unspecified atom stereocenters. The lowest BCUT2D eigenvalue weighted by atomic mass is 10.1. The normalized spacial score (nSPS) is 12.1. The van der Waals surface area contributed by atoms with E-state index in [1.807, 2.05) is 41.2 Å². The second kappa shape index (κ2) is 6.17. The van der Waals surface area contributed by atoms with Gasteiger partial charge in [0, 0.05) is 25.3 Å². The Balaban J connectivity index is 1.97. The predicted octanol–water partition coefficient (Wildman–Crippen LogP) is 2.63. The Hall–Kier alpha value is -2.12. The van der Waals surface area contributed by atoms with Crippen LogP contribution in [0.25, 0.3) is 0 Å². The van der Waals surface area contributed by atoms with Gasteiger partial charge in [-0.05, 0) is 37.6 Å². The average Bonchev–Trinajstić information content (AvgIpc) is 2.92. The Morgan fingerprint density at radius 3 is 2.68 bits per heavy atom. The van der Waals surface area contributed by atoms with Crippen LogP contribution in [0.1, 0.15) is 36.7 Å². The molecule has 0 bridgehead atoms. The van der Waals surface area contributed by atoms with Crippen molar-refractivity contribution in [2.45, 2.75) is 33.0 Å². The number of nitriles is 1. The van der Waals surface area contributed by atoms with E-state index in [1.54, 1.807) is 0 Å². The highest BCUT2D eigenvalue weighted by atomic mass is 15.3. The third kappa shape index (κ3) is 3.21. The predicted molar refractivity (Wildman–Crippen MR) is 74.3 cm³/mol. The van der Waals surface area contributed by atoms with Gasteiger partial charge in [-0.2, -0.15) is 10.4 Å². The highest BCUT2D eigenvalue weighted by Crippen LogP contribution is 2.13. The van der Waals surface area contributed by atoms with Crippen LogP contribution in [0, 0.1) is 11.3 Å². The van der Waals surface area contributed by atoms with E-state index in [0.717, 1.165) is 13.1 Å². The molecule has 2 rings (SSSR count). The standard InChI is InChI=1S/C15H18N4/c1-3-19-15(8-9-18-19)11-17-12(2)14-6-4-13(10-16)5-7-14/h4-9,12,17H,3,11H2,1-2H3. The fourth-order valence-corrected chi connectivity index (χ4v) is 2.02. The first-order chi connectivity index (χ1) is 9.24. The van der Waals surface area contributed by atoms with Crippen LogP contribution in [0.5, 0.6) is 0 Å². The molecule has 98 valence electrons. The van der Waals surface area contributed by atoms with Crippen LogP contribution in [0.2, 0.25) is 0 Å². The van der Waals surface area contributed by atoms with Gasteiger partial charge in [-0.1, -0.05) is 12.1 Å². The number of hydrogen-bond donors (Lipinski definition) is 1. The molecule has 0 aliphatic heterocycles. The van der Waals surface area contributed by atoms with Crippen LogP contribution in [0.3, 0.4) is 0 Å². The van der Waals surface area contributed by atoms with Crippen molar-refractivity contribution >= 4 is 0 Å². The number of rotatable bonds is 5. The molecule has 0 saturated carbocycles. The van der Waals surface area contributed by atoms with Crippen molar-refractivity contribution < 1.29 is 0 Å². The highest BCUT2D eigenvalue weighted by Gasteiger charge is 2.06. The fourth-order valence-electron chi connectivity index (χ4n) is 2.02. The maximum Gasteiger partial charge on any atom is 0.0991 e. The van der Waals surface area contributed by atoms with Crippen LogP contribution in [0.15, 0.2) is 36.5 Å². The maximum atomic E-state index is 8.78. The van der Waals surface area contributed by atoms with Crippen molar-refractivity contribution in [1.29, 1.82) is 5.26 Å². The van der Waals surface area contributed by atoms with E-state index in [0.29, 0.717) is 5.56 Å². The fraction of sp³-hybridized carbons (Fsp3) is 0.333. The summed E-state index contributed by atoms with van der Waals surface area (Å²) in [5.41, 5.74) is 3.06. The summed E-state index contributed by atoms with van der Waals surface area (Å²) in [4.78, 5) is 0. The zero-order valence-electron chi connectivity index (χ0n) is 11.3. The van der Waals surface area contributed by atoms with Gasteiger partial charge in [0.25, 0.3) is 0 Å². The lowest BCUT2D eigenvalue weighted by molar-refractivity contribution is 0.531. The van der Waals surface area contributed by atoms with Gasteiger partial charge in [0.15, 0.2) is 0 Å². The lowest BCUT2D eigenvalue weighted by Crippen LogP contribution is -2.20. The van der Waals surface area contributed by atoms with Gasteiger partial charge in [0.05, 0.1) is 17.3 Å². The quantitative estimate of drug-likeness (QED) is 0.892. The molecule has 4 heteroatoms. The third-order valence-corrected chi connectivity index (χ3v) is 3.23. The van der Waals surface area contributed by atoms with Crippen LogP contribution in [-0.4, -0.2) is 9.78 Å². The maximum absolute atomic E-state index is 8.78. The molecular weight excluding hydrogens is 236 g/mol. The van der Waals surface area contributed by atoms with E-state index in [1.165, 1.54) is 11.3 Å². The molecule has 19 heavy (non-hydrogen) atoms. The minimum absolute atomic E-state index is 0.243. The largest absolute Gasteiger partial charge is 0.305 e. The Bertz CT molecular complexity index is 563. The van der Waals surface area contributed by atoms with Gasteiger partial charge in [-0.25, -0.2) is 0 Å². The Morgan fingerprint density at radius 1 is 1.32 bits per heavy atom. The summed E-state index contributed by atoms with van der Waals surface area (Å²) in [6.45, 7) is 5.87. The first-order valence-electron chi connectivity index (χ1n) is 6.48. The summed E-state index contributed by atoms with van der Waals surface area (Å²) < 4.78 is 1.98. The van der Waals surface area contributed by atoms with Gasteiger partial charge in [0.2, 0.25) is 0 Å². The molecule has 0 spiro atoms. The first-order valence-corrected chi connectivity index (χ1v) is 6.48. The zero-order chi connectivity index (χ0) is 13.7. The number of hydrogen-bond acceptors (Lipinski definition) is 3. The number of benzene rings is 1. The molecular formula is C15H18N4. The Labute approximate surface area is 113 Å². The van der Waals surface area contributed by atoms with Crippen molar-refractivity contribution in [1.82, 2.24) is 15.1 Å². The van der Waals surface area contributed by atoms with Crippen molar-refractivity contribution in [3.8, 4) is 6.07 Å². The van der Waals surface area contributed by atoms with E-state index in [4.69, 9.17) is 5.26 Å². The van der Waals surface area contributed by atoms with Crippen LogP contribution >= 0.6 is 0 Å². The van der Waals surface area contributed by atoms with E-state index < -0.39 is 0 Å². The summed E-state index contributed by atoms with van der Waals surface area (Å²) in [5.74, 6) is 0. The molecule has 1 heterocycles. The van der Waals surface area contributed by atoms with Crippen molar-refractivity contribution in [2.24, 2.45) is 0 Å². The average molecular weight is 254 g/mol. The smallest absolute Gasteiger partial charge is 0.0991 e. The molecule has 0 radical (unpaired) electrons. The molecule has 0 fully saturated rings. The highest BCUT2D eigenvalue weighted by molar-refractivity contribution is 5.32. The van der Waals surface area contributed by atoms with E-state index in [-0.39, 0.29) is 6.04 Å².